The Bertz CT molecular complexity index is 454. The van der Waals surface area contributed by atoms with Crippen molar-refractivity contribution >= 4 is 30.2 Å². The van der Waals surface area contributed by atoms with Crippen LogP contribution in [-0.4, -0.2) is 12.6 Å². The molecule has 16 heavy (non-hydrogen) atoms. The van der Waals surface area contributed by atoms with Gasteiger partial charge in [-0.3, -0.25) is 4.79 Å². The average Bonchev–Trinajstić information content (AvgIpc) is 2.17. The van der Waals surface area contributed by atoms with E-state index in [1.807, 2.05) is 6.07 Å². The van der Waals surface area contributed by atoms with E-state index in [2.05, 4.69) is 12.6 Å². The van der Waals surface area contributed by atoms with Gasteiger partial charge in [0.2, 0.25) is 0 Å². The highest BCUT2D eigenvalue weighted by Gasteiger charge is 2.12. The molecule has 5 heteroatoms. The summed E-state index contributed by atoms with van der Waals surface area (Å²) < 4.78 is 4.81. The fraction of sp³-hybridized carbons (Fsp3) is 0.273. The molecule has 0 amide bonds. The molecular formula is C11H10ClNO2S. The maximum Gasteiger partial charge on any atom is 0.310 e. The number of benzene rings is 1. The van der Waals surface area contributed by atoms with Crippen molar-refractivity contribution in [1.29, 1.82) is 5.26 Å². The topological polar surface area (TPSA) is 50.1 Å². The van der Waals surface area contributed by atoms with Crippen LogP contribution < -0.4 is 0 Å². The van der Waals surface area contributed by atoms with E-state index in [-0.39, 0.29) is 12.4 Å². The summed E-state index contributed by atoms with van der Waals surface area (Å²) in [5.74, 6) is -0.381. The van der Waals surface area contributed by atoms with Crippen LogP contribution >= 0.6 is 24.2 Å². The summed E-state index contributed by atoms with van der Waals surface area (Å²) in [6.45, 7) is 2.04. The van der Waals surface area contributed by atoms with Gasteiger partial charge in [-0.1, -0.05) is 11.6 Å². The number of rotatable bonds is 3. The molecule has 0 spiro atoms. The number of nitrogens with zero attached hydrogens (tertiary/aromatic N) is 1. The second kappa shape index (κ2) is 5.78. The van der Waals surface area contributed by atoms with E-state index in [0.29, 0.717) is 27.7 Å². The SMILES string of the molecule is CCOC(=O)Cc1cc(Cl)cc(S)c1C#N. The molecule has 0 aliphatic heterocycles. The van der Waals surface area contributed by atoms with Gasteiger partial charge in [0.05, 0.1) is 18.6 Å². The number of thiol groups is 1. The van der Waals surface area contributed by atoms with Crippen molar-refractivity contribution in [2.24, 2.45) is 0 Å². The smallest absolute Gasteiger partial charge is 0.310 e. The third-order valence-corrected chi connectivity index (χ3v) is 2.49. The predicted octanol–water partition coefficient (Wildman–Crippen LogP) is 2.61. The molecule has 0 bridgehead atoms. The molecule has 0 saturated carbocycles. The molecule has 0 N–H and O–H groups in total. The van der Waals surface area contributed by atoms with E-state index in [1.165, 1.54) is 0 Å². The van der Waals surface area contributed by atoms with Gasteiger partial charge in [-0.05, 0) is 24.6 Å². The monoisotopic (exact) mass is 255 g/mol. The Hall–Kier alpha value is -1.18. The Labute approximate surface area is 104 Å². The van der Waals surface area contributed by atoms with Crippen LogP contribution in [0.3, 0.4) is 0 Å². The molecular weight excluding hydrogens is 246 g/mol. The minimum absolute atomic E-state index is 0.0326. The van der Waals surface area contributed by atoms with Crippen LogP contribution in [0.1, 0.15) is 18.1 Å². The van der Waals surface area contributed by atoms with Crippen LogP contribution in [-0.2, 0) is 16.0 Å². The minimum atomic E-state index is -0.381. The van der Waals surface area contributed by atoms with Crippen LogP contribution in [0.5, 0.6) is 0 Å². The lowest BCUT2D eigenvalue weighted by Crippen LogP contribution is -2.09. The molecule has 0 unspecified atom stereocenters. The first-order valence-corrected chi connectivity index (χ1v) is 5.48. The molecule has 84 valence electrons. The van der Waals surface area contributed by atoms with Gasteiger partial charge in [0.15, 0.2) is 0 Å². The summed E-state index contributed by atoms with van der Waals surface area (Å²) in [4.78, 5) is 11.8. The van der Waals surface area contributed by atoms with Gasteiger partial charge < -0.3 is 4.74 Å². The summed E-state index contributed by atoms with van der Waals surface area (Å²) in [5.41, 5.74) is 0.902. The van der Waals surface area contributed by atoms with E-state index in [4.69, 9.17) is 21.6 Å². The Kier molecular flexibility index (Phi) is 4.66. The predicted molar refractivity (Wildman–Crippen MR) is 63.8 cm³/mol. The number of esters is 1. The van der Waals surface area contributed by atoms with E-state index in [1.54, 1.807) is 19.1 Å². The van der Waals surface area contributed by atoms with Gasteiger partial charge in [0.25, 0.3) is 0 Å². The Balaban J connectivity index is 3.04. The van der Waals surface area contributed by atoms with Gasteiger partial charge in [0, 0.05) is 9.92 Å². The molecule has 0 atom stereocenters. The summed E-state index contributed by atoms with van der Waals surface area (Å²) >= 11 is 9.96. The van der Waals surface area contributed by atoms with Crippen molar-refractivity contribution in [1.82, 2.24) is 0 Å². The highest BCUT2D eigenvalue weighted by Crippen LogP contribution is 2.24. The van der Waals surface area contributed by atoms with Crippen molar-refractivity contribution in [3.63, 3.8) is 0 Å². The molecule has 0 heterocycles. The number of hydrogen-bond acceptors (Lipinski definition) is 4. The van der Waals surface area contributed by atoms with E-state index >= 15 is 0 Å². The van der Waals surface area contributed by atoms with Crippen molar-refractivity contribution in [3.05, 3.63) is 28.3 Å². The number of carbonyl (C=O) groups is 1. The molecule has 0 aliphatic rings. The normalized spacial score (nSPS) is 9.62. The van der Waals surface area contributed by atoms with Gasteiger partial charge in [-0.25, -0.2) is 0 Å². The third kappa shape index (κ3) is 3.16. The standard InChI is InChI=1S/C11H10ClNO2S/c1-2-15-11(14)4-7-3-8(12)5-10(16)9(7)6-13/h3,5,16H,2,4H2,1H3. The zero-order valence-electron chi connectivity index (χ0n) is 8.66. The van der Waals surface area contributed by atoms with Crippen molar-refractivity contribution in [2.75, 3.05) is 6.61 Å². The lowest BCUT2D eigenvalue weighted by atomic mass is 10.1. The quantitative estimate of drug-likeness (QED) is 0.667. The van der Waals surface area contributed by atoms with E-state index in [9.17, 15) is 4.79 Å². The zero-order valence-corrected chi connectivity index (χ0v) is 10.3. The van der Waals surface area contributed by atoms with Gasteiger partial charge in [-0.2, -0.15) is 5.26 Å². The van der Waals surface area contributed by atoms with E-state index in [0.717, 1.165) is 0 Å². The number of carbonyl (C=O) groups excluding carboxylic acids is 1. The van der Waals surface area contributed by atoms with Crippen LogP contribution in [0.25, 0.3) is 0 Å². The Morgan fingerprint density at radius 3 is 2.88 bits per heavy atom. The van der Waals surface area contributed by atoms with E-state index < -0.39 is 0 Å². The fourth-order valence-electron chi connectivity index (χ4n) is 1.28. The van der Waals surface area contributed by atoms with Crippen molar-refractivity contribution in [2.45, 2.75) is 18.2 Å². The van der Waals surface area contributed by atoms with Crippen molar-refractivity contribution in [3.8, 4) is 6.07 Å². The molecule has 0 aromatic heterocycles. The second-order valence-electron chi connectivity index (χ2n) is 3.05. The first-order chi connectivity index (χ1) is 7.58. The molecule has 0 fully saturated rings. The highest BCUT2D eigenvalue weighted by molar-refractivity contribution is 7.80. The Morgan fingerprint density at radius 1 is 1.62 bits per heavy atom. The fourth-order valence-corrected chi connectivity index (χ4v) is 1.93. The lowest BCUT2D eigenvalue weighted by Gasteiger charge is -2.06. The summed E-state index contributed by atoms with van der Waals surface area (Å²) in [6.07, 6.45) is 0.0326. The zero-order chi connectivity index (χ0) is 12.1. The first-order valence-electron chi connectivity index (χ1n) is 4.65. The molecule has 0 aliphatic carbocycles. The molecule has 1 rings (SSSR count). The Morgan fingerprint density at radius 2 is 2.31 bits per heavy atom. The summed E-state index contributed by atoms with van der Waals surface area (Å²) in [7, 11) is 0. The van der Waals surface area contributed by atoms with Gasteiger partial charge in [-0.15, -0.1) is 12.6 Å². The molecule has 0 saturated heterocycles. The molecule has 1 aromatic rings. The number of halogens is 1. The molecule has 1 aromatic carbocycles. The molecule has 3 nitrogen and oxygen atoms in total. The van der Waals surface area contributed by atoms with Crippen LogP contribution in [0.2, 0.25) is 5.02 Å². The molecule has 0 radical (unpaired) electrons. The second-order valence-corrected chi connectivity index (χ2v) is 3.97. The van der Waals surface area contributed by atoms with Gasteiger partial charge in [0.1, 0.15) is 6.07 Å². The number of hydrogen-bond donors (Lipinski definition) is 1. The summed E-state index contributed by atoms with van der Waals surface area (Å²) in [6, 6.07) is 5.14. The number of ether oxygens (including phenoxy) is 1. The average molecular weight is 256 g/mol. The summed E-state index contributed by atoms with van der Waals surface area (Å²) in [5, 5.41) is 9.39. The highest BCUT2D eigenvalue weighted by atomic mass is 35.5. The largest absolute Gasteiger partial charge is 0.466 e. The van der Waals surface area contributed by atoms with Crippen LogP contribution in [0.15, 0.2) is 17.0 Å². The first kappa shape index (κ1) is 12.9. The van der Waals surface area contributed by atoms with Crippen molar-refractivity contribution < 1.29 is 9.53 Å². The number of nitriles is 1. The lowest BCUT2D eigenvalue weighted by molar-refractivity contribution is -0.142. The van der Waals surface area contributed by atoms with Crippen LogP contribution in [0, 0.1) is 11.3 Å². The van der Waals surface area contributed by atoms with Gasteiger partial charge >= 0.3 is 5.97 Å². The van der Waals surface area contributed by atoms with Crippen LogP contribution in [0.4, 0.5) is 0 Å². The maximum absolute atomic E-state index is 11.3. The third-order valence-electron chi connectivity index (χ3n) is 1.92. The maximum atomic E-state index is 11.3. The minimum Gasteiger partial charge on any atom is -0.466 e.